The number of hydrogen-bond donors (Lipinski definition) is 0. The highest BCUT2D eigenvalue weighted by Gasteiger charge is 2.09. The minimum atomic E-state index is -0.123. The molecule has 0 spiro atoms. The molecule has 2 aromatic rings. The van der Waals surface area contributed by atoms with Gasteiger partial charge in [0.1, 0.15) is 5.01 Å². The zero-order valence-electron chi connectivity index (χ0n) is 9.93. The van der Waals surface area contributed by atoms with E-state index in [-0.39, 0.29) is 5.56 Å². The van der Waals surface area contributed by atoms with E-state index in [1.54, 1.807) is 6.92 Å². The summed E-state index contributed by atoms with van der Waals surface area (Å²) >= 11 is 1.52. The fourth-order valence-electron chi connectivity index (χ4n) is 1.51. The van der Waals surface area contributed by atoms with Gasteiger partial charge >= 0.3 is 0 Å². The molecule has 0 saturated heterocycles. The van der Waals surface area contributed by atoms with E-state index in [4.69, 9.17) is 4.74 Å². The van der Waals surface area contributed by atoms with Crippen LogP contribution < -0.4 is 10.3 Å². The highest BCUT2D eigenvalue weighted by atomic mass is 32.1. The fourth-order valence-corrected chi connectivity index (χ4v) is 2.27. The number of methoxy groups -OCH3 is 1. The molecule has 2 aromatic heterocycles. The Hall–Kier alpha value is -1.69. The summed E-state index contributed by atoms with van der Waals surface area (Å²) in [5, 5.41) is 2.82. The van der Waals surface area contributed by atoms with E-state index < -0.39 is 0 Å². The molecule has 0 aliphatic heterocycles. The minimum Gasteiger partial charge on any atom is -0.468 e. The summed E-state index contributed by atoms with van der Waals surface area (Å²) in [5.74, 6) is 0. The van der Waals surface area contributed by atoms with Gasteiger partial charge in [-0.1, -0.05) is 0 Å². The third kappa shape index (κ3) is 2.52. The van der Waals surface area contributed by atoms with Crippen LogP contribution in [-0.4, -0.2) is 21.6 Å². The van der Waals surface area contributed by atoms with Gasteiger partial charge in [0.15, 0.2) is 0 Å². The maximum Gasteiger partial charge on any atom is 0.299 e. The summed E-state index contributed by atoms with van der Waals surface area (Å²) < 4.78 is 6.59. The fraction of sp³-hybridized carbons (Fsp3) is 0.364. The standard InChI is InChI=1S/C11H13N3O2S/c1-7-4-10(15)14(11(13-7)16-3)5-9-12-8(2)6-17-9/h4,6H,5H2,1-3H3. The van der Waals surface area contributed by atoms with Crippen molar-refractivity contribution in [3.05, 3.63) is 38.2 Å². The minimum absolute atomic E-state index is 0.123. The zero-order valence-corrected chi connectivity index (χ0v) is 10.7. The van der Waals surface area contributed by atoms with Crippen LogP contribution in [-0.2, 0) is 6.54 Å². The van der Waals surface area contributed by atoms with Crippen molar-refractivity contribution in [2.75, 3.05) is 7.11 Å². The van der Waals surface area contributed by atoms with E-state index in [1.165, 1.54) is 29.1 Å². The number of rotatable bonds is 3. The molecular formula is C11H13N3O2S. The molecule has 17 heavy (non-hydrogen) atoms. The molecule has 0 amide bonds. The van der Waals surface area contributed by atoms with Gasteiger partial charge in [0.25, 0.3) is 11.6 Å². The van der Waals surface area contributed by atoms with Gasteiger partial charge in [-0.3, -0.25) is 9.36 Å². The summed E-state index contributed by atoms with van der Waals surface area (Å²) in [6.07, 6.45) is 0. The molecule has 6 heteroatoms. The number of aromatic nitrogens is 3. The molecule has 0 radical (unpaired) electrons. The van der Waals surface area contributed by atoms with Crippen molar-refractivity contribution >= 4 is 11.3 Å². The molecule has 2 heterocycles. The molecule has 0 unspecified atom stereocenters. The smallest absolute Gasteiger partial charge is 0.299 e. The average Bonchev–Trinajstić information content (AvgIpc) is 2.67. The van der Waals surface area contributed by atoms with Crippen LogP contribution in [0.2, 0.25) is 0 Å². The van der Waals surface area contributed by atoms with Crippen molar-refractivity contribution in [1.82, 2.24) is 14.5 Å². The van der Waals surface area contributed by atoms with E-state index in [9.17, 15) is 4.79 Å². The molecule has 2 rings (SSSR count). The number of thiazole rings is 1. The van der Waals surface area contributed by atoms with Crippen molar-refractivity contribution in [3.8, 4) is 6.01 Å². The first kappa shape index (κ1) is 11.8. The van der Waals surface area contributed by atoms with Crippen molar-refractivity contribution in [1.29, 1.82) is 0 Å². The number of hydrogen-bond acceptors (Lipinski definition) is 5. The summed E-state index contributed by atoms with van der Waals surface area (Å²) in [6, 6.07) is 1.81. The SMILES string of the molecule is COc1nc(C)cc(=O)n1Cc1nc(C)cs1. The molecule has 5 nitrogen and oxygen atoms in total. The van der Waals surface area contributed by atoms with Crippen LogP contribution in [0.3, 0.4) is 0 Å². The second kappa shape index (κ2) is 4.67. The quantitative estimate of drug-likeness (QED) is 0.826. The van der Waals surface area contributed by atoms with Crippen LogP contribution in [0.4, 0.5) is 0 Å². The molecule has 0 aromatic carbocycles. The summed E-state index contributed by atoms with van der Waals surface area (Å²) in [6.45, 7) is 4.09. The molecule has 0 bridgehead atoms. The van der Waals surface area contributed by atoms with Crippen LogP contribution in [0.15, 0.2) is 16.2 Å². The topological polar surface area (TPSA) is 57.0 Å². The number of nitrogens with zero attached hydrogens (tertiary/aromatic N) is 3. The van der Waals surface area contributed by atoms with E-state index in [0.29, 0.717) is 18.2 Å². The Morgan fingerprint density at radius 2 is 2.12 bits per heavy atom. The Morgan fingerprint density at radius 1 is 1.35 bits per heavy atom. The largest absolute Gasteiger partial charge is 0.468 e. The molecule has 0 saturated carbocycles. The Labute approximate surface area is 103 Å². The third-order valence-electron chi connectivity index (χ3n) is 2.24. The lowest BCUT2D eigenvalue weighted by Crippen LogP contribution is -2.23. The van der Waals surface area contributed by atoms with Crippen LogP contribution >= 0.6 is 11.3 Å². The second-order valence-electron chi connectivity index (χ2n) is 3.69. The zero-order chi connectivity index (χ0) is 12.4. The predicted molar refractivity (Wildman–Crippen MR) is 65.7 cm³/mol. The van der Waals surface area contributed by atoms with Crippen molar-refractivity contribution < 1.29 is 4.74 Å². The van der Waals surface area contributed by atoms with Gasteiger partial charge in [0.05, 0.1) is 13.7 Å². The number of aryl methyl sites for hydroxylation is 2. The second-order valence-corrected chi connectivity index (χ2v) is 4.63. The Bertz CT molecular complexity index is 589. The Morgan fingerprint density at radius 3 is 2.71 bits per heavy atom. The summed E-state index contributed by atoms with van der Waals surface area (Å²) in [5.41, 5.74) is 1.48. The maximum absolute atomic E-state index is 11.9. The molecule has 90 valence electrons. The van der Waals surface area contributed by atoms with Crippen molar-refractivity contribution in [3.63, 3.8) is 0 Å². The van der Waals surface area contributed by atoms with Gasteiger partial charge in [-0.2, -0.15) is 0 Å². The maximum atomic E-state index is 11.9. The molecule has 0 aliphatic carbocycles. The summed E-state index contributed by atoms with van der Waals surface area (Å²) in [4.78, 5) is 20.3. The summed E-state index contributed by atoms with van der Waals surface area (Å²) in [7, 11) is 1.50. The van der Waals surface area contributed by atoms with Gasteiger partial charge in [-0.05, 0) is 13.8 Å². The predicted octanol–water partition coefficient (Wildman–Crippen LogP) is 1.37. The normalized spacial score (nSPS) is 10.5. The lowest BCUT2D eigenvalue weighted by molar-refractivity contribution is 0.349. The first-order valence-corrected chi connectivity index (χ1v) is 6.01. The molecular weight excluding hydrogens is 238 g/mol. The van der Waals surface area contributed by atoms with Crippen LogP contribution in [0.5, 0.6) is 6.01 Å². The lowest BCUT2D eigenvalue weighted by Gasteiger charge is -2.09. The molecule has 0 aliphatic rings. The van der Waals surface area contributed by atoms with Gasteiger partial charge in [0, 0.05) is 22.8 Å². The number of ether oxygens (including phenoxy) is 1. The molecule has 0 N–H and O–H groups in total. The Kier molecular flexibility index (Phi) is 3.23. The molecule has 0 atom stereocenters. The van der Waals surface area contributed by atoms with Gasteiger partial charge in [-0.25, -0.2) is 9.97 Å². The van der Waals surface area contributed by atoms with Crippen LogP contribution in [0.1, 0.15) is 16.4 Å². The van der Waals surface area contributed by atoms with Gasteiger partial charge in [0.2, 0.25) is 0 Å². The van der Waals surface area contributed by atoms with Crippen molar-refractivity contribution in [2.24, 2.45) is 0 Å². The first-order valence-electron chi connectivity index (χ1n) is 5.13. The van der Waals surface area contributed by atoms with Crippen LogP contribution in [0.25, 0.3) is 0 Å². The highest BCUT2D eigenvalue weighted by molar-refractivity contribution is 7.09. The lowest BCUT2D eigenvalue weighted by atomic mass is 10.4. The Balaban J connectivity index is 2.41. The highest BCUT2D eigenvalue weighted by Crippen LogP contribution is 2.12. The van der Waals surface area contributed by atoms with Gasteiger partial charge in [-0.15, -0.1) is 11.3 Å². The van der Waals surface area contributed by atoms with Crippen molar-refractivity contribution in [2.45, 2.75) is 20.4 Å². The monoisotopic (exact) mass is 251 g/mol. The van der Waals surface area contributed by atoms with E-state index in [2.05, 4.69) is 9.97 Å². The van der Waals surface area contributed by atoms with E-state index in [1.807, 2.05) is 12.3 Å². The third-order valence-corrected chi connectivity index (χ3v) is 3.20. The van der Waals surface area contributed by atoms with Crippen LogP contribution in [0, 0.1) is 13.8 Å². The first-order chi connectivity index (χ1) is 8.10. The van der Waals surface area contributed by atoms with Gasteiger partial charge < -0.3 is 4.74 Å². The van der Waals surface area contributed by atoms with E-state index in [0.717, 1.165) is 10.7 Å². The van der Waals surface area contributed by atoms with E-state index >= 15 is 0 Å². The molecule has 0 fully saturated rings. The average molecular weight is 251 g/mol.